The van der Waals surface area contributed by atoms with E-state index in [1.165, 1.54) is 63.8 Å². The first-order chi connectivity index (χ1) is 25.3. The van der Waals surface area contributed by atoms with Gasteiger partial charge < -0.3 is 4.40 Å². The molecule has 0 aliphatic carbocycles. The Balaban J connectivity index is 1.20. The van der Waals surface area contributed by atoms with Crippen LogP contribution in [0.4, 0.5) is 0 Å². The lowest BCUT2D eigenvalue weighted by atomic mass is 10.0. The smallest absolute Gasteiger partial charge is 0.238 e. The van der Waals surface area contributed by atoms with E-state index in [4.69, 9.17) is 15.0 Å². The van der Waals surface area contributed by atoms with Gasteiger partial charge in [-0.05, 0) is 47.5 Å². The van der Waals surface area contributed by atoms with Crippen LogP contribution in [0.15, 0.2) is 152 Å². The van der Waals surface area contributed by atoms with Gasteiger partial charge in [-0.3, -0.25) is 4.57 Å². The highest BCUT2D eigenvalue weighted by atomic mass is 32.1. The van der Waals surface area contributed by atoms with E-state index in [1.807, 2.05) is 35.6 Å². The van der Waals surface area contributed by atoms with Crippen molar-refractivity contribution < 1.29 is 0 Å². The lowest BCUT2D eigenvalue weighted by molar-refractivity contribution is 0.954. The molecular weight excluding hydrogens is 643 g/mol. The molecule has 0 unspecified atom stereocenters. The van der Waals surface area contributed by atoms with Gasteiger partial charge in [0, 0.05) is 52.8 Å². The molecule has 12 rings (SSSR count). The maximum atomic E-state index is 5.26. The maximum absolute atomic E-state index is 5.26. The Kier molecular flexibility index (Phi) is 5.32. The van der Waals surface area contributed by atoms with Gasteiger partial charge in [-0.1, -0.05) is 115 Å². The van der Waals surface area contributed by atoms with Crippen molar-refractivity contribution >= 4 is 80.6 Å². The van der Waals surface area contributed by atoms with Crippen LogP contribution in [-0.4, -0.2) is 23.9 Å². The summed E-state index contributed by atoms with van der Waals surface area (Å²) in [6.45, 7) is 0. The van der Waals surface area contributed by atoms with E-state index < -0.39 is 0 Å². The third-order valence-corrected chi connectivity index (χ3v) is 11.6. The first kappa shape index (κ1) is 27.2. The summed E-state index contributed by atoms with van der Waals surface area (Å²) >= 11 is 1.87. The van der Waals surface area contributed by atoms with E-state index in [1.54, 1.807) is 0 Å². The fourth-order valence-electron chi connectivity index (χ4n) is 8.33. The minimum absolute atomic E-state index is 0.602. The van der Waals surface area contributed by atoms with E-state index in [0.29, 0.717) is 17.6 Å². The number of hydrogen-bond donors (Lipinski definition) is 0. The average Bonchev–Trinajstić information content (AvgIpc) is 3.83. The van der Waals surface area contributed by atoms with Crippen molar-refractivity contribution in [2.75, 3.05) is 0 Å². The first-order valence-electron chi connectivity index (χ1n) is 17.1. The number of benzene rings is 7. The van der Waals surface area contributed by atoms with Crippen LogP contribution in [0.3, 0.4) is 0 Å². The number of para-hydroxylation sites is 1. The minimum atomic E-state index is 0.602. The zero-order chi connectivity index (χ0) is 33.2. The molecule has 0 radical (unpaired) electrons. The van der Waals surface area contributed by atoms with Crippen LogP contribution in [0.5, 0.6) is 0 Å². The summed E-state index contributed by atoms with van der Waals surface area (Å²) in [4.78, 5) is 15.6. The zero-order valence-corrected chi connectivity index (χ0v) is 27.9. The zero-order valence-electron chi connectivity index (χ0n) is 27.1. The molecule has 0 N–H and O–H groups in total. The normalized spacial score (nSPS) is 12.3. The Morgan fingerprint density at radius 3 is 1.76 bits per heavy atom. The molecule has 0 spiro atoms. The number of thiophene rings is 1. The van der Waals surface area contributed by atoms with Crippen LogP contribution in [0.1, 0.15) is 0 Å². The molecule has 236 valence electrons. The Hall–Kier alpha value is -6.63. The average molecular weight is 668 g/mol. The second-order valence-corrected chi connectivity index (χ2v) is 14.3. The standard InChI is InChI=1S/C45H25N5S/c1-3-10-26(11-4-1)27-18-20-29(21-19-27)44-46-43(28-12-5-2-6-13-28)47-45(48-44)50-34-17-9-16-33-38(34)39-35(50)23-25-36-40(39)41-37(51-36)24-22-31-30-14-7-8-15-32(30)49(33)42(31)41/h1-25H. The summed E-state index contributed by atoms with van der Waals surface area (Å²) in [7, 11) is 0. The molecule has 0 saturated heterocycles. The topological polar surface area (TPSA) is 48.0 Å². The minimum Gasteiger partial charge on any atom is -0.308 e. The van der Waals surface area contributed by atoms with E-state index in [9.17, 15) is 0 Å². The Morgan fingerprint density at radius 2 is 0.961 bits per heavy atom. The van der Waals surface area contributed by atoms with Crippen molar-refractivity contribution in [3.8, 4) is 39.9 Å². The molecular formula is C45H25N5S. The molecule has 6 heteroatoms. The molecule has 51 heavy (non-hydrogen) atoms. The van der Waals surface area contributed by atoms with Gasteiger partial charge in [0.1, 0.15) is 0 Å². The molecule has 0 bridgehead atoms. The van der Waals surface area contributed by atoms with Crippen molar-refractivity contribution in [1.29, 1.82) is 0 Å². The van der Waals surface area contributed by atoms with Crippen LogP contribution < -0.4 is 0 Å². The Labute approximate surface area is 295 Å². The molecule has 0 fully saturated rings. The highest BCUT2D eigenvalue weighted by Crippen LogP contribution is 2.49. The van der Waals surface area contributed by atoms with Crippen LogP contribution >= 0.6 is 11.3 Å². The third-order valence-electron chi connectivity index (χ3n) is 10.5. The number of fused-ring (bicyclic) bond motifs is 4. The highest BCUT2D eigenvalue weighted by molar-refractivity contribution is 7.26. The molecule has 0 saturated carbocycles. The van der Waals surface area contributed by atoms with Crippen LogP contribution in [-0.2, 0) is 0 Å². The molecule has 0 atom stereocenters. The fraction of sp³-hybridized carbons (Fsp3) is 0. The fourth-order valence-corrected chi connectivity index (χ4v) is 9.45. The molecule has 0 amide bonds. The molecule has 0 aliphatic rings. The van der Waals surface area contributed by atoms with Gasteiger partial charge in [0.2, 0.25) is 5.95 Å². The summed E-state index contributed by atoms with van der Waals surface area (Å²) < 4.78 is 7.34. The first-order valence-corrected chi connectivity index (χ1v) is 17.9. The summed E-state index contributed by atoms with van der Waals surface area (Å²) in [5.74, 6) is 1.88. The van der Waals surface area contributed by atoms with Gasteiger partial charge in [0.25, 0.3) is 0 Å². The van der Waals surface area contributed by atoms with Gasteiger partial charge in [-0.15, -0.1) is 11.3 Å². The quantitative estimate of drug-likeness (QED) is 0.188. The predicted molar refractivity (Wildman–Crippen MR) is 212 cm³/mol. The number of nitrogens with zero attached hydrogens (tertiary/aromatic N) is 5. The van der Waals surface area contributed by atoms with E-state index in [-0.39, 0.29) is 0 Å². The summed E-state index contributed by atoms with van der Waals surface area (Å²) in [6, 6.07) is 53.8. The summed E-state index contributed by atoms with van der Waals surface area (Å²) in [5, 5.41) is 7.66. The Morgan fingerprint density at radius 1 is 0.373 bits per heavy atom. The van der Waals surface area contributed by atoms with E-state index in [0.717, 1.165) is 27.7 Å². The second kappa shape index (κ2) is 9.97. The number of rotatable bonds is 4. The van der Waals surface area contributed by atoms with Crippen LogP contribution in [0, 0.1) is 0 Å². The SMILES string of the molecule is c1ccc(-c2ccc(-c3nc(-c4ccccc4)nc(-n4c5ccc6sc7ccc8c9ccccc9n9c%10cccc4c%10c5c6c7c89)n3)cc2)cc1. The predicted octanol–water partition coefficient (Wildman–Crippen LogP) is 11.8. The van der Waals surface area contributed by atoms with Gasteiger partial charge in [-0.25, -0.2) is 4.98 Å². The van der Waals surface area contributed by atoms with Gasteiger partial charge >= 0.3 is 0 Å². The second-order valence-electron chi connectivity index (χ2n) is 13.2. The molecule has 5 aromatic heterocycles. The summed E-state index contributed by atoms with van der Waals surface area (Å²) in [5.41, 5.74) is 10.1. The van der Waals surface area contributed by atoms with Gasteiger partial charge in [0.15, 0.2) is 11.6 Å². The van der Waals surface area contributed by atoms with Gasteiger partial charge in [0.05, 0.1) is 27.6 Å². The summed E-state index contributed by atoms with van der Waals surface area (Å²) in [6.07, 6.45) is 0. The van der Waals surface area contributed by atoms with Crippen LogP contribution in [0.2, 0.25) is 0 Å². The lowest BCUT2D eigenvalue weighted by Crippen LogP contribution is -2.06. The van der Waals surface area contributed by atoms with E-state index >= 15 is 0 Å². The molecule has 12 aromatic rings. The molecule has 7 aromatic carbocycles. The monoisotopic (exact) mass is 667 g/mol. The Bertz CT molecular complexity index is 3280. The van der Waals surface area contributed by atoms with Crippen molar-refractivity contribution in [3.05, 3.63) is 152 Å². The molecule has 5 heterocycles. The molecule has 5 nitrogen and oxygen atoms in total. The van der Waals surface area contributed by atoms with Crippen molar-refractivity contribution in [1.82, 2.24) is 23.9 Å². The van der Waals surface area contributed by atoms with Crippen molar-refractivity contribution in [2.24, 2.45) is 0 Å². The number of hydrogen-bond acceptors (Lipinski definition) is 4. The highest BCUT2D eigenvalue weighted by Gasteiger charge is 2.26. The van der Waals surface area contributed by atoms with Gasteiger partial charge in [-0.2, -0.15) is 9.97 Å². The van der Waals surface area contributed by atoms with Crippen LogP contribution in [0.25, 0.3) is 109 Å². The van der Waals surface area contributed by atoms with Crippen molar-refractivity contribution in [3.63, 3.8) is 0 Å². The van der Waals surface area contributed by atoms with E-state index in [2.05, 4.69) is 136 Å². The van der Waals surface area contributed by atoms with Crippen molar-refractivity contribution in [2.45, 2.75) is 0 Å². The largest absolute Gasteiger partial charge is 0.308 e. The maximum Gasteiger partial charge on any atom is 0.238 e. The number of aromatic nitrogens is 5. The molecule has 0 aliphatic heterocycles. The third kappa shape index (κ3) is 3.66. The lowest BCUT2D eigenvalue weighted by Gasteiger charge is -2.11.